The van der Waals surface area contributed by atoms with Crippen molar-refractivity contribution in [3.63, 3.8) is 0 Å². The van der Waals surface area contributed by atoms with Gasteiger partial charge in [-0.15, -0.1) is 22.7 Å². The van der Waals surface area contributed by atoms with E-state index in [2.05, 4.69) is 168 Å². The van der Waals surface area contributed by atoms with Crippen LogP contribution >= 0.6 is 22.7 Å². The molecule has 4 aromatic heterocycles. The second-order valence-electron chi connectivity index (χ2n) is 14.4. The van der Waals surface area contributed by atoms with Gasteiger partial charge in [0.15, 0.2) is 0 Å². The van der Waals surface area contributed by atoms with Crippen LogP contribution in [0.4, 0.5) is 0 Å². The molecule has 0 aliphatic carbocycles. The summed E-state index contributed by atoms with van der Waals surface area (Å²) in [7, 11) is 0. The summed E-state index contributed by atoms with van der Waals surface area (Å²) in [6.07, 6.45) is 0. The highest BCUT2D eigenvalue weighted by Gasteiger charge is 2.24. The maximum absolute atomic E-state index is 5.71. The third-order valence-corrected chi connectivity index (χ3v) is 13.8. The Bertz CT molecular complexity index is 3760. The highest BCUT2D eigenvalue weighted by atomic mass is 32.1. The predicted octanol–water partition coefficient (Wildman–Crippen LogP) is 14.6. The van der Waals surface area contributed by atoms with E-state index in [-0.39, 0.29) is 0 Å². The first-order valence-electron chi connectivity index (χ1n) is 18.6. The molecule has 0 bridgehead atoms. The van der Waals surface area contributed by atoms with Crippen LogP contribution in [0.15, 0.2) is 164 Å². The van der Waals surface area contributed by atoms with Crippen LogP contribution in [0.25, 0.3) is 123 Å². The zero-order chi connectivity index (χ0) is 35.8. The molecular weight excluding hydrogens is 707 g/mol. The second kappa shape index (κ2) is 11.0. The molecule has 0 unspecified atom stereocenters. The maximum Gasteiger partial charge on any atom is 0.236 e. The fourth-order valence-corrected chi connectivity index (χ4v) is 11.6. The number of aromatic nitrogens is 3. The molecule has 0 radical (unpaired) electrons. The molecule has 13 aromatic rings. The zero-order valence-electron chi connectivity index (χ0n) is 29.2. The molecule has 0 aliphatic heterocycles. The normalized spacial score (nSPS) is 12.4. The molecule has 0 saturated carbocycles. The Labute approximate surface area is 322 Å². The summed E-state index contributed by atoms with van der Waals surface area (Å²) >= 11 is 3.60. The molecule has 0 amide bonds. The molecule has 3 nitrogen and oxygen atoms in total. The molecule has 0 atom stereocenters. The first-order chi connectivity index (χ1) is 27.3. The lowest BCUT2D eigenvalue weighted by Crippen LogP contribution is -2.03. The summed E-state index contributed by atoms with van der Waals surface area (Å²) in [4.78, 5) is 12.2. The van der Waals surface area contributed by atoms with E-state index in [4.69, 9.17) is 9.97 Å². The maximum atomic E-state index is 5.71. The number of nitrogens with zero attached hydrogens (tertiary/aromatic N) is 3. The van der Waals surface area contributed by atoms with Crippen LogP contribution < -0.4 is 0 Å². The van der Waals surface area contributed by atoms with Gasteiger partial charge in [0.25, 0.3) is 0 Å². The van der Waals surface area contributed by atoms with Crippen LogP contribution in [0.1, 0.15) is 0 Å². The van der Waals surface area contributed by atoms with Gasteiger partial charge in [0, 0.05) is 57.4 Å². The van der Waals surface area contributed by atoms with Gasteiger partial charge in [0.2, 0.25) is 5.95 Å². The smallest absolute Gasteiger partial charge is 0.236 e. The average molecular weight is 734 g/mol. The van der Waals surface area contributed by atoms with E-state index in [9.17, 15) is 0 Å². The van der Waals surface area contributed by atoms with E-state index in [1.807, 2.05) is 11.3 Å². The Morgan fingerprint density at radius 1 is 0.345 bits per heavy atom. The summed E-state index contributed by atoms with van der Waals surface area (Å²) < 4.78 is 6.09. The molecule has 4 heterocycles. The topological polar surface area (TPSA) is 30.7 Å². The Balaban J connectivity index is 1.24. The van der Waals surface area contributed by atoms with Gasteiger partial charge in [-0.05, 0) is 68.0 Å². The SMILES string of the molecule is c1ccc2c(c1)ccc1c2c2c3c4ccccc4c4ccccc4c3ccc2n1-c1nc(-c2cccc3sc4ccccc4c23)c2c(n1)sc1ccccc12. The van der Waals surface area contributed by atoms with Gasteiger partial charge >= 0.3 is 0 Å². The third-order valence-electron chi connectivity index (χ3n) is 11.6. The van der Waals surface area contributed by atoms with Gasteiger partial charge in [-0.2, -0.15) is 0 Å². The third kappa shape index (κ3) is 3.98. The van der Waals surface area contributed by atoms with E-state index < -0.39 is 0 Å². The number of fused-ring (bicyclic) bond motifs is 18. The standard InChI is InChI=1S/C50H27N3S2/c1-2-13-29-28(12-1)24-26-38-45(29)47-39(27-25-34-32-16-4-3-14-30(32)31-15-5-6-17-33(31)44(34)47)53(38)50-51-48(46-36-19-8-10-22-41(36)55-49(46)52-50)37-20-11-23-42-43(37)35-18-7-9-21-40(35)54-42/h1-27H. The van der Waals surface area contributed by atoms with E-state index in [1.165, 1.54) is 84.1 Å². The molecule has 0 aliphatic rings. The Kier molecular flexibility index (Phi) is 5.93. The number of hydrogen-bond donors (Lipinski definition) is 0. The van der Waals surface area contributed by atoms with Crippen molar-refractivity contribution in [3.8, 4) is 17.2 Å². The molecular formula is C50H27N3S2. The van der Waals surface area contributed by atoms with Crippen LogP contribution in [0.2, 0.25) is 0 Å². The molecule has 0 spiro atoms. The van der Waals surface area contributed by atoms with Gasteiger partial charge in [0.1, 0.15) is 4.83 Å². The van der Waals surface area contributed by atoms with Gasteiger partial charge in [-0.3, -0.25) is 4.57 Å². The first kappa shape index (κ1) is 29.8. The lowest BCUT2D eigenvalue weighted by atomic mass is 9.91. The molecule has 0 N–H and O–H groups in total. The van der Waals surface area contributed by atoms with Crippen LogP contribution in [0.5, 0.6) is 0 Å². The highest BCUT2D eigenvalue weighted by Crippen LogP contribution is 2.47. The monoisotopic (exact) mass is 733 g/mol. The number of thiophene rings is 2. The van der Waals surface area contributed by atoms with Crippen LogP contribution in [0, 0.1) is 0 Å². The molecule has 5 heteroatoms. The van der Waals surface area contributed by atoms with Gasteiger partial charge in [-0.1, -0.05) is 133 Å². The molecule has 0 saturated heterocycles. The molecule has 13 rings (SSSR count). The zero-order valence-corrected chi connectivity index (χ0v) is 30.9. The highest BCUT2D eigenvalue weighted by molar-refractivity contribution is 7.26. The minimum absolute atomic E-state index is 0.685. The Morgan fingerprint density at radius 3 is 1.69 bits per heavy atom. The van der Waals surface area contributed by atoms with E-state index in [1.54, 1.807) is 11.3 Å². The number of benzene rings is 9. The molecule has 55 heavy (non-hydrogen) atoms. The lowest BCUT2D eigenvalue weighted by molar-refractivity contribution is 1.02. The summed E-state index contributed by atoms with van der Waals surface area (Å²) in [5.41, 5.74) is 4.31. The van der Waals surface area contributed by atoms with Crippen molar-refractivity contribution in [2.45, 2.75) is 0 Å². The van der Waals surface area contributed by atoms with Crippen molar-refractivity contribution < 1.29 is 0 Å². The van der Waals surface area contributed by atoms with E-state index in [0.29, 0.717) is 5.95 Å². The van der Waals surface area contributed by atoms with Crippen molar-refractivity contribution >= 4 is 128 Å². The summed E-state index contributed by atoms with van der Waals surface area (Å²) in [6, 6.07) is 59.8. The van der Waals surface area contributed by atoms with Crippen LogP contribution in [-0.2, 0) is 0 Å². The van der Waals surface area contributed by atoms with Gasteiger partial charge in [0.05, 0.1) is 16.7 Å². The van der Waals surface area contributed by atoms with Crippen LogP contribution in [-0.4, -0.2) is 14.5 Å². The van der Waals surface area contributed by atoms with Crippen molar-refractivity contribution in [1.82, 2.24) is 14.5 Å². The predicted molar refractivity (Wildman–Crippen MR) is 238 cm³/mol. The Hall–Kier alpha value is -6.66. The van der Waals surface area contributed by atoms with Gasteiger partial charge in [-0.25, -0.2) is 9.97 Å². The minimum Gasteiger partial charge on any atom is -0.278 e. The summed E-state index contributed by atoms with van der Waals surface area (Å²) in [5, 5.41) is 17.3. The average Bonchev–Trinajstić information content (AvgIpc) is 3.93. The van der Waals surface area contributed by atoms with Crippen molar-refractivity contribution in [3.05, 3.63) is 164 Å². The summed E-state index contributed by atoms with van der Waals surface area (Å²) in [5.74, 6) is 0.685. The fourth-order valence-electron chi connectivity index (χ4n) is 9.36. The molecule has 9 aromatic carbocycles. The quantitative estimate of drug-likeness (QED) is 0.166. The molecule has 254 valence electrons. The molecule has 0 fully saturated rings. The van der Waals surface area contributed by atoms with Crippen LogP contribution in [0.3, 0.4) is 0 Å². The second-order valence-corrected chi connectivity index (χ2v) is 16.5. The fraction of sp³-hybridized carbons (Fsp3) is 0. The Morgan fingerprint density at radius 2 is 0.909 bits per heavy atom. The van der Waals surface area contributed by atoms with E-state index in [0.717, 1.165) is 32.5 Å². The van der Waals surface area contributed by atoms with Crippen molar-refractivity contribution in [2.75, 3.05) is 0 Å². The van der Waals surface area contributed by atoms with E-state index >= 15 is 0 Å². The summed E-state index contributed by atoms with van der Waals surface area (Å²) in [6.45, 7) is 0. The van der Waals surface area contributed by atoms with Crippen molar-refractivity contribution in [1.29, 1.82) is 0 Å². The lowest BCUT2D eigenvalue weighted by Gasteiger charge is -2.13. The largest absolute Gasteiger partial charge is 0.278 e. The number of hydrogen-bond acceptors (Lipinski definition) is 4. The number of rotatable bonds is 2. The van der Waals surface area contributed by atoms with Crippen molar-refractivity contribution in [2.24, 2.45) is 0 Å². The van der Waals surface area contributed by atoms with Gasteiger partial charge < -0.3 is 0 Å². The minimum atomic E-state index is 0.685. The first-order valence-corrected chi connectivity index (χ1v) is 20.2.